The van der Waals surface area contributed by atoms with Gasteiger partial charge in [0.25, 0.3) is 0 Å². The highest BCUT2D eigenvalue weighted by atomic mass is 32.2. The molecular weight excluding hydrogens is 310 g/mol. The van der Waals surface area contributed by atoms with Crippen molar-refractivity contribution in [3.63, 3.8) is 0 Å². The van der Waals surface area contributed by atoms with Gasteiger partial charge in [0.05, 0.1) is 4.90 Å². The van der Waals surface area contributed by atoms with Crippen LogP contribution in [0.15, 0.2) is 29.2 Å². The first kappa shape index (κ1) is 16.7. The fraction of sp³-hybridized carbons (Fsp3) is 0.611. The monoisotopic (exact) mass is 335 g/mol. The third kappa shape index (κ3) is 2.45. The molecule has 0 radical (unpaired) electrons. The number of ketones is 1. The van der Waals surface area contributed by atoms with E-state index in [1.807, 2.05) is 46.8 Å². The Labute approximate surface area is 138 Å². The van der Waals surface area contributed by atoms with Gasteiger partial charge in [0.2, 0.25) is 10.0 Å². The van der Waals surface area contributed by atoms with E-state index in [0.717, 1.165) is 5.56 Å². The van der Waals surface area contributed by atoms with Gasteiger partial charge in [0.15, 0.2) is 0 Å². The summed E-state index contributed by atoms with van der Waals surface area (Å²) in [6.45, 7) is 10.5. The summed E-state index contributed by atoms with van der Waals surface area (Å²) < 4.78 is 28.0. The van der Waals surface area contributed by atoms with Crippen LogP contribution in [0.5, 0.6) is 0 Å². The molecule has 1 heterocycles. The van der Waals surface area contributed by atoms with Gasteiger partial charge in [-0.3, -0.25) is 4.79 Å². The first-order valence-corrected chi connectivity index (χ1v) is 9.52. The molecule has 1 aromatic carbocycles. The van der Waals surface area contributed by atoms with E-state index >= 15 is 0 Å². The number of rotatable bonds is 2. The number of hydrogen-bond donors (Lipinski definition) is 0. The molecule has 1 saturated heterocycles. The summed E-state index contributed by atoms with van der Waals surface area (Å²) in [5.41, 5.74) is 0.531. The van der Waals surface area contributed by atoms with Crippen LogP contribution in [-0.2, 0) is 14.8 Å². The normalized spacial score (nSPS) is 31.8. The van der Waals surface area contributed by atoms with E-state index < -0.39 is 10.0 Å². The minimum atomic E-state index is -3.59. The first-order chi connectivity index (χ1) is 10.5. The highest BCUT2D eigenvalue weighted by Gasteiger charge is 2.65. The van der Waals surface area contributed by atoms with Crippen LogP contribution >= 0.6 is 0 Å². The molecule has 0 spiro atoms. The van der Waals surface area contributed by atoms with E-state index in [1.165, 1.54) is 0 Å². The lowest BCUT2D eigenvalue weighted by molar-refractivity contribution is -0.140. The quantitative estimate of drug-likeness (QED) is 0.835. The van der Waals surface area contributed by atoms with Gasteiger partial charge >= 0.3 is 0 Å². The summed E-state index contributed by atoms with van der Waals surface area (Å²) >= 11 is 0. The van der Waals surface area contributed by atoms with Crippen LogP contribution in [0.4, 0.5) is 0 Å². The second-order valence-corrected chi connectivity index (χ2v) is 10.3. The number of Topliss-reactive ketones (excluding diaryl/α,β-unsaturated/α-hetero) is 1. The van der Waals surface area contributed by atoms with Gasteiger partial charge in [-0.2, -0.15) is 4.31 Å². The highest BCUT2D eigenvalue weighted by molar-refractivity contribution is 7.89. The SMILES string of the molecule is Cc1ccc(S(=O)(=O)N2C[C@]3(C)CC(=O)[C@@H]3[C@H]2C(C)(C)C)cc1. The van der Waals surface area contributed by atoms with Crippen LogP contribution in [0, 0.1) is 23.7 Å². The second-order valence-electron chi connectivity index (χ2n) is 8.45. The van der Waals surface area contributed by atoms with Crippen LogP contribution in [0.2, 0.25) is 0 Å². The van der Waals surface area contributed by atoms with E-state index in [4.69, 9.17) is 0 Å². The zero-order chi connectivity index (χ0) is 17.2. The van der Waals surface area contributed by atoms with Crippen molar-refractivity contribution in [2.75, 3.05) is 6.54 Å². The van der Waals surface area contributed by atoms with Crippen molar-refractivity contribution in [2.24, 2.45) is 16.7 Å². The van der Waals surface area contributed by atoms with E-state index in [2.05, 4.69) is 0 Å². The summed E-state index contributed by atoms with van der Waals surface area (Å²) in [5.74, 6) is 0.0248. The molecule has 2 fully saturated rings. The van der Waals surface area contributed by atoms with E-state index in [0.29, 0.717) is 17.9 Å². The van der Waals surface area contributed by atoms with Gasteiger partial charge in [0.1, 0.15) is 5.78 Å². The van der Waals surface area contributed by atoms with Gasteiger partial charge in [-0.15, -0.1) is 0 Å². The van der Waals surface area contributed by atoms with Crippen molar-refractivity contribution in [1.82, 2.24) is 4.31 Å². The molecular formula is C18H25NO3S. The molecule has 0 unspecified atom stereocenters. The number of fused-ring (bicyclic) bond motifs is 1. The maximum Gasteiger partial charge on any atom is 0.243 e. The lowest BCUT2D eigenvalue weighted by atomic mass is 9.57. The molecule has 2 aliphatic rings. The fourth-order valence-electron chi connectivity index (χ4n) is 4.22. The molecule has 1 saturated carbocycles. The van der Waals surface area contributed by atoms with Crippen LogP contribution < -0.4 is 0 Å². The van der Waals surface area contributed by atoms with Crippen molar-refractivity contribution in [2.45, 2.75) is 52.0 Å². The van der Waals surface area contributed by atoms with Crippen molar-refractivity contribution >= 4 is 15.8 Å². The molecule has 0 amide bonds. The third-order valence-electron chi connectivity index (χ3n) is 5.33. The summed E-state index contributed by atoms with van der Waals surface area (Å²) in [6, 6.07) is 6.68. The molecule has 3 rings (SSSR count). The third-order valence-corrected chi connectivity index (χ3v) is 7.18. The van der Waals surface area contributed by atoms with E-state index in [9.17, 15) is 13.2 Å². The molecule has 0 bridgehead atoms. The second kappa shape index (κ2) is 4.90. The maximum atomic E-state index is 13.2. The fourth-order valence-corrected chi connectivity index (χ4v) is 6.17. The standard InChI is InChI=1S/C18H25NO3S/c1-12-6-8-13(9-7-12)23(21,22)19-11-18(5)10-14(20)15(18)16(19)17(2,3)4/h6-9,15-16H,10-11H2,1-5H3/t15-,16+,18+/m1/s1. The van der Waals surface area contributed by atoms with Crippen molar-refractivity contribution in [1.29, 1.82) is 0 Å². The number of carbonyl (C=O) groups is 1. The Morgan fingerprint density at radius 3 is 2.22 bits per heavy atom. The number of hydrogen-bond acceptors (Lipinski definition) is 3. The molecule has 1 aliphatic heterocycles. The highest BCUT2D eigenvalue weighted by Crippen LogP contribution is 2.57. The number of carbonyl (C=O) groups excluding carboxylic acids is 1. The van der Waals surface area contributed by atoms with Crippen LogP contribution in [0.3, 0.4) is 0 Å². The number of nitrogens with zero attached hydrogens (tertiary/aromatic N) is 1. The molecule has 1 aromatic rings. The maximum absolute atomic E-state index is 13.2. The predicted octanol–water partition coefficient (Wildman–Crippen LogP) is 3.01. The van der Waals surface area contributed by atoms with E-state index in [-0.39, 0.29) is 28.6 Å². The average molecular weight is 335 g/mol. The summed E-state index contributed by atoms with van der Waals surface area (Å²) in [6.07, 6.45) is 0.490. The Kier molecular flexibility index (Phi) is 3.55. The Balaban J connectivity index is 2.07. The minimum absolute atomic E-state index is 0.178. The summed E-state index contributed by atoms with van der Waals surface area (Å²) in [5, 5.41) is 0. The number of sulfonamides is 1. The number of aryl methyl sites for hydroxylation is 1. The lowest BCUT2D eigenvalue weighted by Gasteiger charge is -2.44. The van der Waals surface area contributed by atoms with E-state index in [1.54, 1.807) is 16.4 Å². The van der Waals surface area contributed by atoms with Crippen molar-refractivity contribution in [3.05, 3.63) is 29.8 Å². The van der Waals surface area contributed by atoms with Gasteiger partial charge in [-0.25, -0.2) is 8.42 Å². The molecule has 126 valence electrons. The van der Waals surface area contributed by atoms with Gasteiger partial charge in [0, 0.05) is 24.9 Å². The molecule has 0 N–H and O–H groups in total. The molecule has 5 heteroatoms. The van der Waals surface area contributed by atoms with Crippen molar-refractivity contribution < 1.29 is 13.2 Å². The van der Waals surface area contributed by atoms with Crippen LogP contribution in [0.1, 0.15) is 39.7 Å². The largest absolute Gasteiger partial charge is 0.299 e. The number of benzene rings is 1. The van der Waals surface area contributed by atoms with Gasteiger partial charge in [-0.1, -0.05) is 45.4 Å². The summed E-state index contributed by atoms with van der Waals surface area (Å²) in [4.78, 5) is 12.5. The smallest absolute Gasteiger partial charge is 0.243 e. The molecule has 23 heavy (non-hydrogen) atoms. The predicted molar refractivity (Wildman–Crippen MR) is 89.5 cm³/mol. The molecule has 1 aliphatic carbocycles. The average Bonchev–Trinajstić information content (AvgIpc) is 2.67. The van der Waals surface area contributed by atoms with Crippen LogP contribution in [0.25, 0.3) is 0 Å². The Morgan fingerprint density at radius 2 is 1.74 bits per heavy atom. The first-order valence-electron chi connectivity index (χ1n) is 8.08. The minimum Gasteiger partial charge on any atom is -0.299 e. The Morgan fingerprint density at radius 1 is 1.17 bits per heavy atom. The topological polar surface area (TPSA) is 54.5 Å². The molecule has 0 aromatic heterocycles. The molecule has 4 nitrogen and oxygen atoms in total. The summed E-state index contributed by atoms with van der Waals surface area (Å²) in [7, 11) is -3.59. The molecule has 3 atom stereocenters. The van der Waals surface area contributed by atoms with Crippen LogP contribution in [-0.4, -0.2) is 31.1 Å². The van der Waals surface area contributed by atoms with Gasteiger partial charge in [-0.05, 0) is 29.9 Å². The van der Waals surface area contributed by atoms with Crippen molar-refractivity contribution in [3.8, 4) is 0 Å². The Bertz CT molecular complexity index is 745. The zero-order valence-electron chi connectivity index (χ0n) is 14.5. The lowest BCUT2D eigenvalue weighted by Crippen LogP contribution is -2.52. The zero-order valence-corrected chi connectivity index (χ0v) is 15.3. The van der Waals surface area contributed by atoms with Gasteiger partial charge < -0.3 is 0 Å². The Hall–Kier alpha value is -1.20.